The van der Waals surface area contributed by atoms with Crippen LogP contribution >= 0.6 is 27.5 Å². The maximum absolute atomic E-state index is 14.6. The maximum atomic E-state index is 14.6. The highest BCUT2D eigenvalue weighted by molar-refractivity contribution is 9.10. The number of hydrogen-bond donors (Lipinski definition) is 2. The minimum absolute atomic E-state index is 0.0656. The Labute approximate surface area is 288 Å². The lowest BCUT2D eigenvalue weighted by molar-refractivity contribution is -0.129. The average Bonchev–Trinajstić information content (AvgIpc) is 3.50. The van der Waals surface area contributed by atoms with E-state index >= 15 is 0 Å². The van der Waals surface area contributed by atoms with Crippen molar-refractivity contribution in [3.63, 3.8) is 0 Å². The van der Waals surface area contributed by atoms with Gasteiger partial charge in [-0.3, -0.25) is 4.79 Å². The molecule has 5 aromatic carbocycles. The number of amides is 1. The smallest absolute Gasteiger partial charge is 0.252 e. The Bertz CT molecular complexity index is 1830. The Morgan fingerprint density at radius 3 is 2.21 bits per heavy atom. The van der Waals surface area contributed by atoms with Crippen LogP contribution in [0.1, 0.15) is 34.8 Å². The standard InChI is InChI=1S/C39H34BrClN2O4/c40-35-10-5-4-9-32(35)25-39(38(45)42-26-27-11-19-33(41)20-12-27)36(30-15-13-29(14-16-30)28-7-2-1-3-8-28)47-37(43-39)31-17-21-34(22-18-31)46-24-6-23-44/h1-5,7-22,36,44H,6,23-26H2,(H,42,45)/t36-,39-/m1/s1. The van der Waals surface area contributed by atoms with Gasteiger partial charge in [0.05, 0.1) is 6.61 Å². The molecule has 0 spiro atoms. The van der Waals surface area contributed by atoms with E-state index in [0.717, 1.165) is 37.9 Å². The second kappa shape index (κ2) is 15.0. The van der Waals surface area contributed by atoms with Gasteiger partial charge in [0.15, 0.2) is 11.6 Å². The second-order valence-corrected chi connectivity index (χ2v) is 12.6. The molecular weight excluding hydrogens is 676 g/mol. The Balaban J connectivity index is 1.41. The number of hydrogen-bond acceptors (Lipinski definition) is 5. The lowest BCUT2D eigenvalue weighted by Gasteiger charge is -2.31. The van der Waals surface area contributed by atoms with Gasteiger partial charge >= 0.3 is 0 Å². The van der Waals surface area contributed by atoms with Crippen molar-refractivity contribution in [1.82, 2.24) is 5.32 Å². The van der Waals surface area contributed by atoms with Gasteiger partial charge in [0, 0.05) is 41.1 Å². The van der Waals surface area contributed by atoms with E-state index in [2.05, 4.69) is 45.5 Å². The summed E-state index contributed by atoms with van der Waals surface area (Å²) < 4.78 is 13.3. The van der Waals surface area contributed by atoms with Crippen molar-refractivity contribution >= 4 is 39.3 Å². The summed E-state index contributed by atoms with van der Waals surface area (Å²) in [5.74, 6) is 0.797. The van der Waals surface area contributed by atoms with Crippen molar-refractivity contribution in [1.29, 1.82) is 0 Å². The van der Waals surface area contributed by atoms with Gasteiger partial charge in [-0.25, -0.2) is 4.99 Å². The number of carbonyl (C=O) groups is 1. The molecule has 0 unspecified atom stereocenters. The van der Waals surface area contributed by atoms with Crippen LogP contribution in [0.2, 0.25) is 5.02 Å². The van der Waals surface area contributed by atoms with Gasteiger partial charge in [-0.2, -0.15) is 0 Å². The Hall–Kier alpha value is -4.43. The fourth-order valence-corrected chi connectivity index (χ4v) is 6.18. The van der Waals surface area contributed by atoms with Crippen molar-refractivity contribution in [2.24, 2.45) is 4.99 Å². The Morgan fingerprint density at radius 2 is 1.51 bits per heavy atom. The molecule has 0 radical (unpaired) electrons. The first-order valence-electron chi connectivity index (χ1n) is 15.5. The fraction of sp³-hybridized carbons (Fsp3) is 0.179. The van der Waals surface area contributed by atoms with Crippen molar-refractivity contribution in [2.75, 3.05) is 13.2 Å². The van der Waals surface area contributed by atoms with Crippen LogP contribution in [0, 0.1) is 0 Å². The minimum atomic E-state index is -1.34. The summed E-state index contributed by atoms with van der Waals surface area (Å²) in [7, 11) is 0. The van der Waals surface area contributed by atoms with Crippen LogP contribution in [0.5, 0.6) is 5.75 Å². The first-order chi connectivity index (χ1) is 22.9. The van der Waals surface area contributed by atoms with Crippen LogP contribution in [0.25, 0.3) is 11.1 Å². The highest BCUT2D eigenvalue weighted by Gasteiger charge is 2.53. The molecule has 8 heteroatoms. The SMILES string of the molecule is O=C(NCc1ccc(Cl)cc1)[C@]1(Cc2ccccc2Br)N=C(c2ccc(OCCCO)cc2)O[C@@H]1c1ccc(-c2ccccc2)cc1. The molecular formula is C39H34BrClN2O4. The summed E-state index contributed by atoms with van der Waals surface area (Å²) in [6.45, 7) is 0.783. The van der Waals surface area contributed by atoms with Crippen LogP contribution in [-0.4, -0.2) is 35.7 Å². The molecule has 2 atom stereocenters. The largest absolute Gasteiger partial charge is 0.494 e. The number of nitrogens with zero attached hydrogens (tertiary/aromatic N) is 1. The zero-order chi connectivity index (χ0) is 32.6. The van der Waals surface area contributed by atoms with E-state index < -0.39 is 11.6 Å². The number of halogens is 2. The van der Waals surface area contributed by atoms with Crippen LogP contribution < -0.4 is 10.1 Å². The Kier molecular flexibility index (Phi) is 10.4. The number of carbonyl (C=O) groups excluding carboxylic acids is 1. The predicted octanol–water partition coefficient (Wildman–Crippen LogP) is 8.35. The molecule has 1 aliphatic rings. The molecule has 6 nitrogen and oxygen atoms in total. The zero-order valence-electron chi connectivity index (χ0n) is 25.6. The molecule has 5 aromatic rings. The number of aliphatic hydroxyl groups excluding tert-OH is 1. The third-order valence-corrected chi connectivity index (χ3v) is 9.16. The van der Waals surface area contributed by atoms with Crippen LogP contribution in [0.3, 0.4) is 0 Å². The number of aliphatic hydroxyl groups is 1. The molecule has 1 aliphatic heterocycles. The fourth-order valence-electron chi connectivity index (χ4n) is 5.63. The molecule has 0 bridgehead atoms. The third kappa shape index (κ3) is 7.60. The number of ether oxygens (including phenoxy) is 2. The summed E-state index contributed by atoms with van der Waals surface area (Å²) in [5, 5.41) is 12.9. The molecule has 238 valence electrons. The molecule has 6 rings (SSSR count). The zero-order valence-corrected chi connectivity index (χ0v) is 28.0. The molecule has 0 aliphatic carbocycles. The van der Waals surface area contributed by atoms with Crippen molar-refractivity contribution in [3.8, 4) is 16.9 Å². The van der Waals surface area contributed by atoms with E-state index in [1.54, 1.807) is 0 Å². The van der Waals surface area contributed by atoms with Crippen LogP contribution in [-0.2, 0) is 22.5 Å². The number of rotatable bonds is 12. The normalized spacial score (nSPS) is 17.1. The second-order valence-electron chi connectivity index (χ2n) is 11.4. The van der Waals surface area contributed by atoms with Gasteiger partial charge in [-0.05, 0) is 70.3 Å². The monoisotopic (exact) mass is 708 g/mol. The summed E-state index contributed by atoms with van der Waals surface area (Å²) in [6.07, 6.45) is 0.114. The van der Waals surface area contributed by atoms with E-state index in [-0.39, 0.29) is 18.9 Å². The van der Waals surface area contributed by atoms with Gasteiger partial charge in [-0.1, -0.05) is 112 Å². The van der Waals surface area contributed by atoms with Gasteiger partial charge in [0.25, 0.3) is 5.91 Å². The molecule has 0 aromatic heterocycles. The average molecular weight is 710 g/mol. The topological polar surface area (TPSA) is 80.2 Å². The van der Waals surface area contributed by atoms with Gasteiger partial charge in [-0.15, -0.1) is 0 Å². The predicted molar refractivity (Wildman–Crippen MR) is 190 cm³/mol. The summed E-state index contributed by atoms with van der Waals surface area (Å²) in [4.78, 5) is 19.8. The third-order valence-electron chi connectivity index (χ3n) is 8.13. The van der Waals surface area contributed by atoms with E-state index in [4.69, 9.17) is 31.2 Å². The molecule has 1 amide bonds. The van der Waals surface area contributed by atoms with Gasteiger partial charge in [0.1, 0.15) is 5.75 Å². The number of aliphatic imine (C=N–C) groups is 1. The number of benzene rings is 5. The highest BCUT2D eigenvalue weighted by Crippen LogP contribution is 2.44. The molecule has 0 saturated heterocycles. The molecule has 1 heterocycles. The number of nitrogens with one attached hydrogen (secondary N) is 1. The first-order valence-corrected chi connectivity index (χ1v) is 16.6. The lowest BCUT2D eigenvalue weighted by Crippen LogP contribution is -2.49. The maximum Gasteiger partial charge on any atom is 0.252 e. The lowest BCUT2D eigenvalue weighted by atomic mass is 9.81. The van der Waals surface area contributed by atoms with Gasteiger partial charge < -0.3 is 19.9 Å². The molecule has 2 N–H and O–H groups in total. The van der Waals surface area contributed by atoms with Crippen LogP contribution in [0.4, 0.5) is 0 Å². The quantitative estimate of drug-likeness (QED) is 0.128. The van der Waals surface area contributed by atoms with Crippen molar-refractivity contribution < 1.29 is 19.4 Å². The summed E-state index contributed by atoms with van der Waals surface area (Å²) in [5.41, 5.74) is 4.24. The minimum Gasteiger partial charge on any atom is -0.494 e. The highest BCUT2D eigenvalue weighted by atomic mass is 79.9. The van der Waals surface area contributed by atoms with Gasteiger partial charge in [0.2, 0.25) is 5.90 Å². The van der Waals surface area contributed by atoms with Crippen molar-refractivity contribution in [3.05, 3.63) is 159 Å². The molecule has 47 heavy (non-hydrogen) atoms. The summed E-state index contributed by atoms with van der Waals surface area (Å²) in [6, 6.07) is 41.0. The Morgan fingerprint density at radius 1 is 0.851 bits per heavy atom. The first kappa shape index (κ1) is 32.5. The van der Waals surface area contributed by atoms with E-state index in [9.17, 15) is 4.79 Å². The van der Waals surface area contributed by atoms with E-state index in [1.165, 1.54) is 0 Å². The summed E-state index contributed by atoms with van der Waals surface area (Å²) >= 11 is 9.82. The van der Waals surface area contributed by atoms with Crippen molar-refractivity contribution in [2.45, 2.75) is 31.0 Å². The van der Waals surface area contributed by atoms with E-state index in [0.29, 0.717) is 36.2 Å². The molecule has 0 saturated carbocycles. The molecule has 0 fully saturated rings. The van der Waals surface area contributed by atoms with E-state index in [1.807, 2.05) is 103 Å². The van der Waals surface area contributed by atoms with Crippen LogP contribution in [0.15, 0.2) is 137 Å².